The van der Waals surface area contributed by atoms with Crippen molar-refractivity contribution < 1.29 is 0 Å². The number of aromatic nitrogens is 1. The predicted molar refractivity (Wildman–Crippen MR) is 61.4 cm³/mol. The molecule has 1 rings (SSSR count). The van der Waals surface area contributed by atoms with E-state index in [1.807, 2.05) is 18.2 Å². The molecule has 0 unspecified atom stereocenters. The van der Waals surface area contributed by atoms with Gasteiger partial charge in [0.2, 0.25) is 5.96 Å². The number of rotatable bonds is 2. The number of halogens is 2. The average Bonchev–Trinajstić information content (AvgIpc) is 2.16. The normalized spacial score (nSPS) is 9.64. The van der Waals surface area contributed by atoms with E-state index < -0.39 is 0 Å². The molecule has 1 aromatic heterocycles. The second-order valence-electron chi connectivity index (χ2n) is 2.17. The fraction of sp³-hybridized carbons (Fsp3) is 0.143. The smallest absolute Gasteiger partial charge is 0.203 e. The number of pyridine rings is 1. The van der Waals surface area contributed by atoms with Gasteiger partial charge in [0.25, 0.3) is 0 Å². The van der Waals surface area contributed by atoms with E-state index >= 15 is 0 Å². The van der Waals surface area contributed by atoms with Crippen LogP contribution in [0.15, 0.2) is 29.4 Å². The summed E-state index contributed by atoms with van der Waals surface area (Å²) < 4.78 is 0. The van der Waals surface area contributed by atoms with Gasteiger partial charge < -0.3 is 5.73 Å². The number of nitrogens with zero attached hydrogens (tertiary/aromatic N) is 2. The number of guanidine groups is 1. The van der Waals surface area contributed by atoms with Crippen molar-refractivity contribution in [2.75, 3.05) is 0 Å². The van der Waals surface area contributed by atoms with E-state index in [0.717, 1.165) is 5.69 Å². The molecular weight excluding hydrogens is 225 g/mol. The Kier molecular flexibility index (Phi) is 9.43. The lowest BCUT2D eigenvalue weighted by molar-refractivity contribution is 0.932. The van der Waals surface area contributed by atoms with Crippen LogP contribution < -0.4 is 17.0 Å². The molecule has 0 saturated heterocycles. The van der Waals surface area contributed by atoms with Crippen molar-refractivity contribution in [3.63, 3.8) is 0 Å². The molecule has 0 fully saturated rings. The molecule has 0 amide bonds. The van der Waals surface area contributed by atoms with Crippen LogP contribution in [0.2, 0.25) is 0 Å². The first-order valence-electron chi connectivity index (χ1n) is 3.49. The van der Waals surface area contributed by atoms with Gasteiger partial charge in [0.05, 0.1) is 12.2 Å². The lowest BCUT2D eigenvalue weighted by atomic mass is 10.3. The SMILES string of the molecule is Cl.Cl.NNC(N)=NCc1ccccn1. The highest BCUT2D eigenvalue weighted by atomic mass is 35.5. The van der Waals surface area contributed by atoms with Crippen LogP contribution in [-0.4, -0.2) is 10.9 Å². The summed E-state index contributed by atoms with van der Waals surface area (Å²) in [5, 5.41) is 0. The summed E-state index contributed by atoms with van der Waals surface area (Å²) in [6, 6.07) is 5.61. The van der Waals surface area contributed by atoms with E-state index in [1.54, 1.807) is 6.20 Å². The quantitative estimate of drug-likeness (QED) is 0.297. The monoisotopic (exact) mass is 237 g/mol. The third-order valence-electron chi connectivity index (χ3n) is 1.29. The Balaban J connectivity index is 0. The van der Waals surface area contributed by atoms with E-state index in [2.05, 4.69) is 15.4 Å². The van der Waals surface area contributed by atoms with E-state index in [4.69, 9.17) is 11.6 Å². The highest BCUT2D eigenvalue weighted by molar-refractivity contribution is 5.85. The fourth-order valence-electron chi connectivity index (χ4n) is 0.703. The van der Waals surface area contributed by atoms with Crippen molar-refractivity contribution >= 4 is 30.8 Å². The molecule has 7 heteroatoms. The van der Waals surface area contributed by atoms with E-state index in [1.165, 1.54) is 0 Å². The van der Waals surface area contributed by atoms with Crippen LogP contribution in [-0.2, 0) is 6.54 Å². The van der Waals surface area contributed by atoms with Gasteiger partial charge in [-0.1, -0.05) is 6.07 Å². The van der Waals surface area contributed by atoms with Crippen molar-refractivity contribution in [2.45, 2.75) is 6.54 Å². The molecule has 5 nitrogen and oxygen atoms in total. The summed E-state index contributed by atoms with van der Waals surface area (Å²) in [6.45, 7) is 0.441. The van der Waals surface area contributed by atoms with Crippen LogP contribution in [0.3, 0.4) is 0 Å². The van der Waals surface area contributed by atoms with Crippen LogP contribution in [0.1, 0.15) is 5.69 Å². The average molecular weight is 238 g/mol. The molecule has 0 aromatic carbocycles. The van der Waals surface area contributed by atoms with Crippen LogP contribution >= 0.6 is 24.8 Å². The summed E-state index contributed by atoms with van der Waals surface area (Å²) in [4.78, 5) is 7.96. The maximum atomic E-state index is 5.31. The standard InChI is InChI=1S/C7H11N5.2ClH/c8-7(12-9)11-5-6-3-1-2-4-10-6;;/h1-4H,5,9H2,(H3,8,11,12);2*1H. The number of aliphatic imine (C=N–C) groups is 1. The molecule has 14 heavy (non-hydrogen) atoms. The lowest BCUT2D eigenvalue weighted by Gasteiger charge is -1.97. The molecular formula is C7H13Cl2N5. The molecule has 0 radical (unpaired) electrons. The maximum absolute atomic E-state index is 5.31. The Morgan fingerprint density at radius 1 is 1.43 bits per heavy atom. The third-order valence-corrected chi connectivity index (χ3v) is 1.29. The molecule has 80 valence electrons. The highest BCUT2D eigenvalue weighted by Crippen LogP contribution is 1.94. The molecule has 0 atom stereocenters. The van der Waals surface area contributed by atoms with Gasteiger partial charge in [-0.3, -0.25) is 10.4 Å². The summed E-state index contributed by atoms with van der Waals surface area (Å²) in [6.07, 6.45) is 1.71. The number of hydrogen-bond donors (Lipinski definition) is 3. The van der Waals surface area contributed by atoms with Gasteiger partial charge in [0.1, 0.15) is 0 Å². The molecule has 0 saturated carbocycles. The number of hydrazine groups is 1. The van der Waals surface area contributed by atoms with Gasteiger partial charge in [-0.05, 0) is 12.1 Å². The van der Waals surface area contributed by atoms with Gasteiger partial charge in [-0.25, -0.2) is 10.8 Å². The minimum Gasteiger partial charge on any atom is -0.369 e. The lowest BCUT2D eigenvalue weighted by Crippen LogP contribution is -2.37. The zero-order valence-corrected chi connectivity index (χ0v) is 9.02. The maximum Gasteiger partial charge on any atom is 0.203 e. The van der Waals surface area contributed by atoms with Gasteiger partial charge >= 0.3 is 0 Å². The van der Waals surface area contributed by atoms with E-state index in [0.29, 0.717) is 6.54 Å². The fourth-order valence-corrected chi connectivity index (χ4v) is 0.703. The van der Waals surface area contributed by atoms with Crippen LogP contribution in [0.25, 0.3) is 0 Å². The Hall–Kier alpha value is -1.04. The molecule has 0 spiro atoms. The van der Waals surface area contributed by atoms with Gasteiger partial charge in [0.15, 0.2) is 0 Å². The summed E-state index contributed by atoms with van der Waals surface area (Å²) >= 11 is 0. The van der Waals surface area contributed by atoms with E-state index in [-0.39, 0.29) is 30.8 Å². The Labute approximate surface area is 94.8 Å². The minimum atomic E-state index is 0. The van der Waals surface area contributed by atoms with Crippen LogP contribution in [0.4, 0.5) is 0 Å². The summed E-state index contributed by atoms with van der Waals surface area (Å²) in [5.41, 5.74) is 8.40. The van der Waals surface area contributed by atoms with Crippen molar-refractivity contribution in [2.24, 2.45) is 16.6 Å². The molecule has 0 bridgehead atoms. The largest absolute Gasteiger partial charge is 0.369 e. The first kappa shape index (κ1) is 15.4. The number of hydrogen-bond acceptors (Lipinski definition) is 3. The topological polar surface area (TPSA) is 89.3 Å². The summed E-state index contributed by atoms with van der Waals surface area (Å²) in [5.74, 6) is 5.22. The van der Waals surface area contributed by atoms with Crippen molar-refractivity contribution in [1.29, 1.82) is 0 Å². The Bertz CT molecular complexity index is 264. The second kappa shape index (κ2) is 8.55. The Morgan fingerprint density at radius 2 is 2.14 bits per heavy atom. The first-order valence-corrected chi connectivity index (χ1v) is 3.49. The molecule has 5 N–H and O–H groups in total. The molecule has 1 aromatic rings. The van der Waals surface area contributed by atoms with E-state index in [9.17, 15) is 0 Å². The van der Waals surface area contributed by atoms with Crippen molar-refractivity contribution in [1.82, 2.24) is 10.4 Å². The van der Waals surface area contributed by atoms with Gasteiger partial charge in [0, 0.05) is 6.20 Å². The van der Waals surface area contributed by atoms with Gasteiger partial charge in [-0.2, -0.15) is 0 Å². The van der Waals surface area contributed by atoms with Crippen LogP contribution in [0, 0.1) is 0 Å². The zero-order valence-electron chi connectivity index (χ0n) is 7.38. The summed E-state index contributed by atoms with van der Waals surface area (Å²) in [7, 11) is 0. The highest BCUT2D eigenvalue weighted by Gasteiger charge is 1.90. The van der Waals surface area contributed by atoms with Gasteiger partial charge in [-0.15, -0.1) is 24.8 Å². The van der Waals surface area contributed by atoms with Crippen LogP contribution in [0.5, 0.6) is 0 Å². The number of nitrogens with two attached hydrogens (primary N) is 2. The molecule has 0 aliphatic carbocycles. The second-order valence-corrected chi connectivity index (χ2v) is 2.17. The van der Waals surface area contributed by atoms with Crippen molar-refractivity contribution in [3.8, 4) is 0 Å². The Morgan fingerprint density at radius 3 is 2.64 bits per heavy atom. The zero-order chi connectivity index (χ0) is 8.81. The minimum absolute atomic E-state index is 0. The predicted octanol–water partition coefficient (Wildman–Crippen LogP) is 0.203. The van der Waals surface area contributed by atoms with Crippen molar-refractivity contribution in [3.05, 3.63) is 30.1 Å². The molecule has 0 aliphatic rings. The number of nitrogens with one attached hydrogen (secondary N) is 1. The molecule has 0 aliphatic heterocycles. The third kappa shape index (κ3) is 5.58. The molecule has 1 heterocycles. The first-order chi connectivity index (χ1) is 5.83.